The number of carbonyl (C=O) groups excluding carboxylic acids is 1. The Balaban J connectivity index is 1.38. The number of carbonyl (C=O) groups is 1. The molecule has 2 atom stereocenters. The second-order valence-corrected chi connectivity index (χ2v) is 8.00. The molecular formula is C19H20N4O4S. The van der Waals surface area contributed by atoms with Gasteiger partial charge in [0.05, 0.1) is 28.4 Å². The molecule has 0 saturated carbocycles. The van der Waals surface area contributed by atoms with Gasteiger partial charge >= 0.3 is 0 Å². The van der Waals surface area contributed by atoms with Gasteiger partial charge < -0.3 is 19.5 Å². The van der Waals surface area contributed by atoms with Crippen molar-refractivity contribution in [3.05, 3.63) is 29.6 Å². The Morgan fingerprint density at radius 3 is 2.79 bits per heavy atom. The molecule has 3 aromatic rings. The molecule has 1 aromatic carbocycles. The Labute approximate surface area is 165 Å². The number of hydrogen-bond donors (Lipinski definition) is 1. The summed E-state index contributed by atoms with van der Waals surface area (Å²) in [5.41, 5.74) is 2.76. The molecule has 1 saturated heterocycles. The highest BCUT2D eigenvalue weighted by Crippen LogP contribution is 2.39. The van der Waals surface area contributed by atoms with E-state index >= 15 is 0 Å². The van der Waals surface area contributed by atoms with Crippen molar-refractivity contribution in [2.45, 2.75) is 19.4 Å². The fraction of sp³-hybridized carbons (Fsp3) is 0.421. The minimum Gasteiger partial charge on any atom is -0.486 e. The molecule has 1 fully saturated rings. The molecule has 5 rings (SSSR count). The van der Waals surface area contributed by atoms with Crippen molar-refractivity contribution >= 4 is 32.6 Å². The number of thiazole rings is 1. The second kappa shape index (κ2) is 6.75. The van der Waals surface area contributed by atoms with Gasteiger partial charge in [-0.3, -0.25) is 9.48 Å². The average Bonchev–Trinajstić information content (AvgIpc) is 3.39. The van der Waals surface area contributed by atoms with Crippen LogP contribution in [0.4, 0.5) is 5.13 Å². The van der Waals surface area contributed by atoms with Crippen LogP contribution in [0.5, 0.6) is 11.5 Å². The lowest BCUT2D eigenvalue weighted by Crippen LogP contribution is -2.25. The number of fused-ring (bicyclic) bond motifs is 2. The third-order valence-electron chi connectivity index (χ3n) is 5.29. The number of anilines is 1. The zero-order valence-corrected chi connectivity index (χ0v) is 16.4. The molecule has 1 N–H and O–H groups in total. The molecule has 0 aliphatic carbocycles. The summed E-state index contributed by atoms with van der Waals surface area (Å²) < 4.78 is 19.8. The Morgan fingerprint density at radius 2 is 2.04 bits per heavy atom. The van der Waals surface area contributed by atoms with Crippen molar-refractivity contribution < 1.29 is 19.0 Å². The number of aromatic nitrogens is 3. The molecule has 0 unspecified atom stereocenters. The lowest BCUT2D eigenvalue weighted by atomic mass is 9.95. The van der Waals surface area contributed by atoms with E-state index < -0.39 is 0 Å². The molecule has 2 aromatic heterocycles. The summed E-state index contributed by atoms with van der Waals surface area (Å²) in [5, 5.41) is 7.81. The molecule has 0 bridgehead atoms. The van der Waals surface area contributed by atoms with E-state index in [2.05, 4.69) is 15.4 Å². The van der Waals surface area contributed by atoms with Gasteiger partial charge in [-0.1, -0.05) is 11.3 Å². The summed E-state index contributed by atoms with van der Waals surface area (Å²) in [7, 11) is 1.89. The maximum Gasteiger partial charge on any atom is 0.232 e. The largest absolute Gasteiger partial charge is 0.486 e. The number of aryl methyl sites for hydroxylation is 1. The Bertz CT molecular complexity index is 1020. The Morgan fingerprint density at radius 1 is 1.25 bits per heavy atom. The van der Waals surface area contributed by atoms with Crippen LogP contribution in [0.15, 0.2) is 18.3 Å². The highest BCUT2D eigenvalue weighted by molar-refractivity contribution is 7.22. The highest BCUT2D eigenvalue weighted by atomic mass is 32.1. The third-order valence-corrected chi connectivity index (χ3v) is 6.22. The molecule has 146 valence electrons. The van der Waals surface area contributed by atoms with Gasteiger partial charge in [-0.15, -0.1) is 0 Å². The monoisotopic (exact) mass is 400 g/mol. The highest BCUT2D eigenvalue weighted by Gasteiger charge is 2.37. The fourth-order valence-electron chi connectivity index (χ4n) is 3.68. The van der Waals surface area contributed by atoms with E-state index in [0.29, 0.717) is 37.1 Å². The summed E-state index contributed by atoms with van der Waals surface area (Å²) >= 11 is 1.43. The van der Waals surface area contributed by atoms with Crippen LogP contribution in [0, 0.1) is 12.8 Å². The van der Waals surface area contributed by atoms with Crippen molar-refractivity contribution in [3.8, 4) is 11.5 Å². The smallest absolute Gasteiger partial charge is 0.232 e. The molecule has 8 nitrogen and oxygen atoms in total. The molecule has 2 aliphatic heterocycles. The van der Waals surface area contributed by atoms with E-state index in [0.717, 1.165) is 27.2 Å². The fourth-order valence-corrected chi connectivity index (χ4v) is 4.56. The van der Waals surface area contributed by atoms with Crippen molar-refractivity contribution in [1.82, 2.24) is 14.8 Å². The molecule has 4 heterocycles. The Kier molecular flexibility index (Phi) is 4.21. The van der Waals surface area contributed by atoms with Crippen LogP contribution in [-0.4, -0.2) is 40.5 Å². The van der Waals surface area contributed by atoms with E-state index in [-0.39, 0.29) is 17.9 Å². The minimum atomic E-state index is -0.280. The topological polar surface area (TPSA) is 87.5 Å². The van der Waals surface area contributed by atoms with E-state index in [1.807, 2.05) is 26.1 Å². The number of rotatable bonds is 3. The first-order valence-electron chi connectivity index (χ1n) is 9.21. The van der Waals surface area contributed by atoms with Gasteiger partial charge in [0.25, 0.3) is 0 Å². The van der Waals surface area contributed by atoms with Crippen LogP contribution in [0.3, 0.4) is 0 Å². The standard InChI is InChI=1S/C19H20N4O4S/c1-10-12(9-20-23(10)2)17-11(3-4-27-17)18(24)22-19-21-13-7-14-15(8-16(13)28-19)26-6-5-25-14/h7-9,11,17H,3-6H2,1-2H3,(H,21,22,24)/t11-,17-/m0/s1. The maximum atomic E-state index is 12.9. The van der Waals surface area contributed by atoms with Crippen LogP contribution >= 0.6 is 11.3 Å². The molecule has 9 heteroatoms. The SMILES string of the molecule is Cc1c([C@H]2OCC[C@@H]2C(=O)Nc2nc3cc4c(cc3s2)OCCO4)cnn1C. The van der Waals surface area contributed by atoms with E-state index in [9.17, 15) is 4.79 Å². The maximum absolute atomic E-state index is 12.9. The number of benzene rings is 1. The van der Waals surface area contributed by atoms with E-state index in [4.69, 9.17) is 14.2 Å². The van der Waals surface area contributed by atoms with Crippen LogP contribution < -0.4 is 14.8 Å². The van der Waals surface area contributed by atoms with Crippen LogP contribution in [0.25, 0.3) is 10.2 Å². The van der Waals surface area contributed by atoms with Gasteiger partial charge in [-0.05, 0) is 13.3 Å². The number of nitrogens with one attached hydrogen (secondary N) is 1. The van der Waals surface area contributed by atoms with Crippen molar-refractivity contribution in [3.63, 3.8) is 0 Å². The third kappa shape index (κ3) is 2.91. The van der Waals surface area contributed by atoms with Crippen molar-refractivity contribution in [2.24, 2.45) is 13.0 Å². The Hall–Kier alpha value is -2.65. The number of amides is 1. The normalized spacial score (nSPS) is 21.2. The lowest BCUT2D eigenvalue weighted by Gasteiger charge is -2.17. The number of nitrogens with zero attached hydrogens (tertiary/aromatic N) is 3. The summed E-state index contributed by atoms with van der Waals surface area (Å²) in [4.78, 5) is 17.5. The van der Waals surface area contributed by atoms with Crippen molar-refractivity contribution in [1.29, 1.82) is 0 Å². The van der Waals surface area contributed by atoms with E-state index in [1.165, 1.54) is 11.3 Å². The second-order valence-electron chi connectivity index (χ2n) is 6.97. The molecule has 1 amide bonds. The zero-order valence-electron chi connectivity index (χ0n) is 15.6. The summed E-state index contributed by atoms with van der Waals surface area (Å²) in [6, 6.07) is 3.77. The molecule has 0 spiro atoms. The molecule has 28 heavy (non-hydrogen) atoms. The zero-order chi connectivity index (χ0) is 19.3. The quantitative estimate of drug-likeness (QED) is 0.727. The van der Waals surface area contributed by atoms with Crippen molar-refractivity contribution in [2.75, 3.05) is 25.1 Å². The van der Waals surface area contributed by atoms with Gasteiger partial charge in [-0.25, -0.2) is 4.98 Å². The van der Waals surface area contributed by atoms with Crippen LogP contribution in [-0.2, 0) is 16.6 Å². The number of ether oxygens (including phenoxy) is 3. The van der Waals surface area contributed by atoms with Gasteiger partial charge in [0.15, 0.2) is 16.6 Å². The lowest BCUT2D eigenvalue weighted by molar-refractivity contribution is -0.121. The minimum absolute atomic E-state index is 0.0814. The summed E-state index contributed by atoms with van der Waals surface area (Å²) in [5.74, 6) is 1.06. The van der Waals surface area contributed by atoms with Gasteiger partial charge in [0.1, 0.15) is 13.2 Å². The molecular weight excluding hydrogens is 380 g/mol. The van der Waals surface area contributed by atoms with Gasteiger partial charge in [0, 0.05) is 37.0 Å². The van der Waals surface area contributed by atoms with Crippen LogP contribution in [0.2, 0.25) is 0 Å². The first-order valence-corrected chi connectivity index (χ1v) is 10.0. The predicted molar refractivity (Wildman–Crippen MR) is 104 cm³/mol. The predicted octanol–water partition coefficient (Wildman–Crippen LogP) is 2.83. The van der Waals surface area contributed by atoms with Crippen LogP contribution in [0.1, 0.15) is 23.8 Å². The average molecular weight is 400 g/mol. The van der Waals surface area contributed by atoms with Gasteiger partial charge in [-0.2, -0.15) is 5.10 Å². The van der Waals surface area contributed by atoms with Gasteiger partial charge in [0.2, 0.25) is 5.91 Å². The summed E-state index contributed by atoms with van der Waals surface area (Å²) in [6.07, 6.45) is 2.18. The summed E-state index contributed by atoms with van der Waals surface area (Å²) in [6.45, 7) is 3.61. The van der Waals surface area contributed by atoms with E-state index in [1.54, 1.807) is 10.9 Å². The number of hydrogen-bond acceptors (Lipinski definition) is 7. The first kappa shape index (κ1) is 17.4. The molecule has 2 aliphatic rings. The first-order chi connectivity index (χ1) is 13.6. The molecule has 0 radical (unpaired) electrons.